The molecule has 0 aromatic rings. The van der Waals surface area contributed by atoms with Gasteiger partial charge in [0, 0.05) is 12.4 Å². The van der Waals surface area contributed by atoms with Crippen LogP contribution in [0.15, 0.2) is 0 Å². The quantitative estimate of drug-likeness (QED) is 0.319. The van der Waals surface area contributed by atoms with Gasteiger partial charge in [-0.1, -0.05) is 6.92 Å². The third-order valence-corrected chi connectivity index (χ3v) is 2.26. The van der Waals surface area contributed by atoms with Crippen LogP contribution in [0, 0.1) is 0 Å². The van der Waals surface area contributed by atoms with Gasteiger partial charge >= 0.3 is 11.9 Å². The third-order valence-electron chi connectivity index (χ3n) is 1.87. The number of thiol groups is 1. The molecule has 0 radical (unpaired) electrons. The molecule has 0 aliphatic carbocycles. The van der Waals surface area contributed by atoms with Crippen LogP contribution in [-0.4, -0.2) is 58.2 Å². The molecule has 0 saturated carbocycles. The van der Waals surface area contributed by atoms with E-state index in [1.54, 1.807) is 0 Å². The number of nitrogens with one attached hydrogen (secondary N) is 1. The van der Waals surface area contributed by atoms with Crippen LogP contribution in [0.3, 0.4) is 0 Å². The number of carboxylic acids is 2. The number of nitrogens with two attached hydrogens (primary N) is 1. The van der Waals surface area contributed by atoms with Crippen LogP contribution in [0.4, 0.5) is 0 Å². The van der Waals surface area contributed by atoms with Crippen molar-refractivity contribution >= 4 is 24.6 Å². The summed E-state index contributed by atoms with van der Waals surface area (Å²) in [5.41, 5.74) is 4.94. The molecule has 2 atom stereocenters. The molecular weight excluding hydrogens is 260 g/mol. The Kier molecular flexibility index (Phi) is 13.7. The van der Waals surface area contributed by atoms with Crippen LogP contribution in [0.1, 0.15) is 19.8 Å². The van der Waals surface area contributed by atoms with E-state index in [4.69, 9.17) is 21.1 Å². The molecule has 0 unspecified atom stereocenters. The molecule has 8 heteroatoms. The normalized spacial score (nSPS) is 13.1. The topological polar surface area (TPSA) is 133 Å². The first-order valence-electron chi connectivity index (χ1n) is 5.56. The molecule has 108 valence electrons. The van der Waals surface area contributed by atoms with Crippen molar-refractivity contribution in [2.45, 2.75) is 31.8 Å². The van der Waals surface area contributed by atoms with Crippen molar-refractivity contribution in [3.63, 3.8) is 0 Å². The monoisotopic (exact) mass is 282 g/mol. The highest BCUT2D eigenvalue weighted by molar-refractivity contribution is 7.80. The minimum absolute atomic E-state index is 0.0896. The van der Waals surface area contributed by atoms with Gasteiger partial charge in [-0.05, 0) is 19.4 Å². The lowest BCUT2D eigenvalue weighted by molar-refractivity contribution is -0.140. The summed E-state index contributed by atoms with van der Waals surface area (Å²) in [6.45, 7) is 2.55. The summed E-state index contributed by atoms with van der Waals surface area (Å²) in [6, 6.07) is -1.41. The first kappa shape index (κ1) is 19.5. The van der Waals surface area contributed by atoms with Gasteiger partial charge in [0.1, 0.15) is 12.1 Å². The van der Waals surface area contributed by atoms with Crippen LogP contribution >= 0.6 is 12.6 Å². The maximum Gasteiger partial charge on any atom is 0.321 e. The zero-order valence-electron chi connectivity index (χ0n) is 10.4. The summed E-state index contributed by atoms with van der Waals surface area (Å²) in [5.74, 6) is -1.71. The van der Waals surface area contributed by atoms with E-state index in [-0.39, 0.29) is 18.8 Å². The number of carboxylic acid groups (broad SMARTS) is 2. The average Bonchev–Trinajstić information content (AvgIpc) is 2.33. The molecule has 0 aliphatic rings. The Bertz CT molecular complexity index is 240. The predicted molar refractivity (Wildman–Crippen MR) is 70.9 cm³/mol. The van der Waals surface area contributed by atoms with Crippen LogP contribution in [-0.2, 0) is 9.59 Å². The van der Waals surface area contributed by atoms with Gasteiger partial charge in [-0.2, -0.15) is 12.6 Å². The Hall–Kier alpha value is -0.830. The highest BCUT2D eigenvalue weighted by atomic mass is 32.1. The largest absolute Gasteiger partial charge is 0.480 e. The second-order valence-electron chi connectivity index (χ2n) is 3.48. The summed E-state index contributed by atoms with van der Waals surface area (Å²) in [6.07, 6.45) is 1.17. The highest BCUT2D eigenvalue weighted by Gasteiger charge is 2.14. The lowest BCUT2D eigenvalue weighted by Crippen LogP contribution is -2.37. The van der Waals surface area contributed by atoms with Crippen LogP contribution in [0.2, 0.25) is 0 Å². The Morgan fingerprint density at radius 2 is 1.89 bits per heavy atom. The molecule has 0 spiro atoms. The van der Waals surface area contributed by atoms with Gasteiger partial charge < -0.3 is 26.4 Å². The third kappa shape index (κ3) is 11.6. The van der Waals surface area contributed by atoms with Crippen LogP contribution < -0.4 is 11.1 Å². The van der Waals surface area contributed by atoms with E-state index in [9.17, 15) is 9.59 Å². The summed E-state index contributed by atoms with van der Waals surface area (Å²) in [4.78, 5) is 20.2. The lowest BCUT2D eigenvalue weighted by Gasteiger charge is -2.11. The summed E-state index contributed by atoms with van der Waals surface area (Å²) in [5, 5.41) is 27.9. The van der Waals surface area contributed by atoms with Gasteiger partial charge in [0.25, 0.3) is 0 Å². The Labute approximate surface area is 112 Å². The minimum atomic E-state index is -1.00. The van der Waals surface area contributed by atoms with Crippen LogP contribution in [0.25, 0.3) is 0 Å². The standard InChI is InChI=1S/C7H15NO3.C3H7NO2S/c1-2-4-8-6(3-5-9)7(10)11;4-2(1-7)3(5)6/h6,8-9H,2-5H2,1H3,(H,10,11);2,7H,1,4H2,(H,5,6)/t6-;2-/m00/s1. The summed E-state index contributed by atoms with van der Waals surface area (Å²) >= 11 is 3.65. The van der Waals surface area contributed by atoms with Gasteiger partial charge in [-0.3, -0.25) is 9.59 Å². The zero-order chi connectivity index (χ0) is 14.6. The molecule has 0 aromatic heterocycles. The fourth-order valence-corrected chi connectivity index (χ4v) is 0.995. The Morgan fingerprint density at radius 1 is 1.33 bits per heavy atom. The second-order valence-corrected chi connectivity index (χ2v) is 3.85. The first-order valence-corrected chi connectivity index (χ1v) is 6.20. The van der Waals surface area contributed by atoms with Crippen molar-refractivity contribution in [3.05, 3.63) is 0 Å². The molecule has 0 amide bonds. The maximum absolute atomic E-state index is 10.4. The second kappa shape index (κ2) is 12.6. The molecule has 0 rings (SSSR count). The molecule has 0 aromatic carbocycles. The van der Waals surface area contributed by atoms with Crippen molar-refractivity contribution in [2.75, 3.05) is 18.9 Å². The van der Waals surface area contributed by atoms with E-state index in [0.717, 1.165) is 6.42 Å². The van der Waals surface area contributed by atoms with Crippen molar-refractivity contribution < 1.29 is 24.9 Å². The summed E-state index contributed by atoms with van der Waals surface area (Å²) in [7, 11) is 0. The van der Waals surface area contributed by atoms with Crippen molar-refractivity contribution in [1.29, 1.82) is 0 Å². The number of aliphatic hydroxyl groups is 1. The Morgan fingerprint density at radius 3 is 2.11 bits per heavy atom. The van der Waals surface area contributed by atoms with Gasteiger partial charge in [-0.25, -0.2) is 0 Å². The lowest BCUT2D eigenvalue weighted by atomic mass is 10.2. The molecule has 6 N–H and O–H groups in total. The minimum Gasteiger partial charge on any atom is -0.480 e. The number of hydrogen-bond donors (Lipinski definition) is 6. The molecular formula is C10H22N2O5S. The van der Waals surface area contributed by atoms with E-state index in [1.165, 1.54) is 0 Å². The van der Waals surface area contributed by atoms with E-state index >= 15 is 0 Å². The number of aliphatic hydroxyl groups excluding tert-OH is 1. The molecule has 0 aliphatic heterocycles. The highest BCUT2D eigenvalue weighted by Crippen LogP contribution is 1.90. The average molecular weight is 282 g/mol. The van der Waals surface area contributed by atoms with Crippen LogP contribution in [0.5, 0.6) is 0 Å². The van der Waals surface area contributed by atoms with Crippen molar-refractivity contribution in [2.24, 2.45) is 5.73 Å². The van der Waals surface area contributed by atoms with Gasteiger partial charge in [0.15, 0.2) is 0 Å². The number of hydrogen-bond acceptors (Lipinski definition) is 6. The fourth-order valence-electron chi connectivity index (χ4n) is 0.839. The number of rotatable bonds is 8. The van der Waals surface area contributed by atoms with Gasteiger partial charge in [-0.15, -0.1) is 0 Å². The zero-order valence-corrected chi connectivity index (χ0v) is 11.3. The van der Waals surface area contributed by atoms with Crippen molar-refractivity contribution in [3.8, 4) is 0 Å². The van der Waals surface area contributed by atoms with E-state index in [1.807, 2.05) is 6.92 Å². The van der Waals surface area contributed by atoms with Gasteiger partial charge in [0.05, 0.1) is 0 Å². The molecule has 18 heavy (non-hydrogen) atoms. The molecule has 0 saturated heterocycles. The van der Waals surface area contributed by atoms with E-state index < -0.39 is 24.0 Å². The first-order chi connectivity index (χ1) is 8.40. The van der Waals surface area contributed by atoms with E-state index in [0.29, 0.717) is 6.54 Å². The Balaban J connectivity index is 0. The maximum atomic E-state index is 10.4. The SMILES string of the molecule is CCCN[C@@H](CCO)C(=O)O.N[C@@H](CS)C(=O)O. The predicted octanol–water partition coefficient (Wildman–Crippen LogP) is -0.850. The smallest absolute Gasteiger partial charge is 0.321 e. The fraction of sp³-hybridized carbons (Fsp3) is 0.800. The molecule has 0 fully saturated rings. The van der Waals surface area contributed by atoms with E-state index in [2.05, 4.69) is 17.9 Å². The molecule has 0 heterocycles. The van der Waals surface area contributed by atoms with Crippen molar-refractivity contribution in [1.82, 2.24) is 5.32 Å². The number of aliphatic carboxylic acids is 2. The molecule has 7 nitrogen and oxygen atoms in total. The number of carbonyl (C=O) groups is 2. The van der Waals surface area contributed by atoms with Gasteiger partial charge in [0.2, 0.25) is 0 Å². The summed E-state index contributed by atoms with van der Waals surface area (Å²) < 4.78 is 0. The molecule has 0 bridgehead atoms.